The van der Waals surface area contributed by atoms with Gasteiger partial charge in [0.15, 0.2) is 0 Å². The first-order chi connectivity index (χ1) is 6.25. The molecular formula is C11H23NO. The molecule has 1 aliphatic carbocycles. The minimum Gasteiger partial charge on any atom is -0.391 e. The Hall–Kier alpha value is -0.0800. The largest absolute Gasteiger partial charge is 0.391 e. The number of hydrogen-bond acceptors (Lipinski definition) is 2. The van der Waals surface area contributed by atoms with Gasteiger partial charge in [0, 0.05) is 6.04 Å². The van der Waals surface area contributed by atoms with Crippen LogP contribution in [0.3, 0.4) is 0 Å². The zero-order valence-electron chi connectivity index (χ0n) is 9.00. The molecule has 1 rings (SSSR count). The van der Waals surface area contributed by atoms with Crippen LogP contribution in [0.25, 0.3) is 0 Å². The van der Waals surface area contributed by atoms with Crippen LogP contribution in [0.15, 0.2) is 0 Å². The molecule has 0 aromatic rings. The summed E-state index contributed by atoms with van der Waals surface area (Å²) in [4.78, 5) is 2.34. The Labute approximate surface area is 81.9 Å². The summed E-state index contributed by atoms with van der Waals surface area (Å²) in [5.74, 6) is 0. The molecule has 2 heteroatoms. The summed E-state index contributed by atoms with van der Waals surface area (Å²) in [5.41, 5.74) is 0. The molecule has 2 atom stereocenters. The van der Waals surface area contributed by atoms with Crippen molar-refractivity contribution in [3.05, 3.63) is 0 Å². The van der Waals surface area contributed by atoms with Crippen molar-refractivity contribution in [2.75, 3.05) is 13.6 Å². The molecule has 0 saturated heterocycles. The highest BCUT2D eigenvalue weighted by atomic mass is 16.3. The zero-order valence-corrected chi connectivity index (χ0v) is 9.00. The van der Waals surface area contributed by atoms with E-state index in [1.807, 2.05) is 0 Å². The minimum atomic E-state index is -0.0633. The number of nitrogens with zero attached hydrogens (tertiary/aromatic N) is 1. The van der Waals surface area contributed by atoms with Gasteiger partial charge in [-0.05, 0) is 39.3 Å². The minimum absolute atomic E-state index is 0.0633. The second-order valence-corrected chi connectivity index (χ2v) is 4.25. The van der Waals surface area contributed by atoms with E-state index in [1.165, 1.54) is 32.1 Å². The summed E-state index contributed by atoms with van der Waals surface area (Å²) >= 11 is 0. The summed E-state index contributed by atoms with van der Waals surface area (Å²) in [6.07, 6.45) is 7.19. The van der Waals surface area contributed by atoms with Gasteiger partial charge in [-0.15, -0.1) is 0 Å². The lowest BCUT2D eigenvalue weighted by Gasteiger charge is -2.26. The number of hydrogen-bond donors (Lipinski definition) is 1. The summed E-state index contributed by atoms with van der Waals surface area (Å²) in [7, 11) is 2.15. The second-order valence-electron chi connectivity index (χ2n) is 4.25. The molecule has 0 spiro atoms. The van der Waals surface area contributed by atoms with E-state index in [-0.39, 0.29) is 6.10 Å². The van der Waals surface area contributed by atoms with E-state index in [0.29, 0.717) is 6.04 Å². The summed E-state index contributed by atoms with van der Waals surface area (Å²) < 4.78 is 0. The van der Waals surface area contributed by atoms with Gasteiger partial charge in [0.1, 0.15) is 0 Å². The van der Waals surface area contributed by atoms with Crippen LogP contribution in [-0.2, 0) is 0 Å². The van der Waals surface area contributed by atoms with Crippen molar-refractivity contribution in [2.24, 2.45) is 0 Å². The van der Waals surface area contributed by atoms with E-state index >= 15 is 0 Å². The molecule has 0 bridgehead atoms. The third-order valence-corrected chi connectivity index (χ3v) is 3.12. The molecule has 1 N–H and O–H groups in total. The maximum atomic E-state index is 9.67. The van der Waals surface area contributed by atoms with E-state index < -0.39 is 0 Å². The van der Waals surface area contributed by atoms with Gasteiger partial charge >= 0.3 is 0 Å². The summed E-state index contributed by atoms with van der Waals surface area (Å²) in [6, 6.07) is 0.442. The van der Waals surface area contributed by atoms with Gasteiger partial charge in [0.2, 0.25) is 0 Å². The molecule has 1 aliphatic rings. The Morgan fingerprint density at radius 2 is 2.08 bits per heavy atom. The van der Waals surface area contributed by atoms with Gasteiger partial charge < -0.3 is 10.0 Å². The second kappa shape index (κ2) is 5.61. The van der Waals surface area contributed by atoms with Crippen LogP contribution in [0.2, 0.25) is 0 Å². The lowest BCUT2D eigenvalue weighted by molar-refractivity contribution is 0.0854. The van der Waals surface area contributed by atoms with Crippen LogP contribution >= 0.6 is 0 Å². The fraction of sp³-hybridized carbons (Fsp3) is 1.00. The molecular weight excluding hydrogens is 162 g/mol. The van der Waals surface area contributed by atoms with Crippen LogP contribution in [0.5, 0.6) is 0 Å². The van der Waals surface area contributed by atoms with Crippen LogP contribution < -0.4 is 0 Å². The van der Waals surface area contributed by atoms with Crippen molar-refractivity contribution in [1.29, 1.82) is 0 Å². The van der Waals surface area contributed by atoms with Crippen LogP contribution in [0, 0.1) is 0 Å². The molecule has 0 aromatic heterocycles. The van der Waals surface area contributed by atoms with Gasteiger partial charge in [-0.3, -0.25) is 0 Å². The molecule has 2 nitrogen and oxygen atoms in total. The number of likely N-dealkylation sites (N-methyl/N-ethyl adjacent to an activating group) is 1. The predicted molar refractivity (Wildman–Crippen MR) is 55.8 cm³/mol. The van der Waals surface area contributed by atoms with Crippen molar-refractivity contribution in [2.45, 2.75) is 57.6 Å². The van der Waals surface area contributed by atoms with Gasteiger partial charge in [-0.1, -0.05) is 19.8 Å². The molecule has 0 amide bonds. The van der Waals surface area contributed by atoms with E-state index in [0.717, 1.165) is 13.0 Å². The first-order valence-corrected chi connectivity index (χ1v) is 5.64. The Balaban J connectivity index is 2.18. The smallest absolute Gasteiger partial charge is 0.0695 e. The standard InChI is InChI=1S/C11H23NO/c1-3-4-5-9-12(2)10-7-6-8-11(10)13/h10-11,13H,3-9H2,1-2H3/t10-,11-/m1/s1. The molecule has 0 aromatic carbocycles. The van der Waals surface area contributed by atoms with Crippen molar-refractivity contribution in [3.63, 3.8) is 0 Å². The van der Waals surface area contributed by atoms with Crippen LogP contribution in [0.4, 0.5) is 0 Å². The lowest BCUT2D eigenvalue weighted by Crippen LogP contribution is -2.38. The van der Waals surface area contributed by atoms with E-state index in [9.17, 15) is 5.11 Å². The van der Waals surface area contributed by atoms with Crippen LogP contribution in [0.1, 0.15) is 45.4 Å². The fourth-order valence-corrected chi connectivity index (χ4v) is 2.21. The number of unbranched alkanes of at least 4 members (excludes halogenated alkanes) is 2. The summed E-state index contributed by atoms with van der Waals surface area (Å²) in [5, 5.41) is 9.67. The van der Waals surface area contributed by atoms with E-state index in [2.05, 4.69) is 18.9 Å². The molecule has 0 heterocycles. The third kappa shape index (κ3) is 3.28. The summed E-state index contributed by atoms with van der Waals surface area (Å²) in [6.45, 7) is 3.37. The SMILES string of the molecule is CCCCCN(C)[C@@H]1CCC[C@H]1O. The molecule has 1 fully saturated rings. The molecule has 13 heavy (non-hydrogen) atoms. The zero-order chi connectivity index (χ0) is 9.68. The van der Waals surface area contributed by atoms with Gasteiger partial charge in [0.25, 0.3) is 0 Å². The lowest BCUT2D eigenvalue weighted by atomic mass is 10.1. The van der Waals surface area contributed by atoms with E-state index in [4.69, 9.17) is 0 Å². The Bertz CT molecular complexity index is 138. The predicted octanol–water partition coefficient (Wildman–Crippen LogP) is 2.02. The Kier molecular flexibility index (Phi) is 4.74. The van der Waals surface area contributed by atoms with Crippen molar-refractivity contribution in [1.82, 2.24) is 4.90 Å². The van der Waals surface area contributed by atoms with Gasteiger partial charge in [-0.25, -0.2) is 0 Å². The van der Waals surface area contributed by atoms with E-state index in [1.54, 1.807) is 0 Å². The molecule has 0 aliphatic heterocycles. The number of aliphatic hydroxyl groups is 1. The molecule has 0 unspecified atom stereocenters. The van der Waals surface area contributed by atoms with Crippen LogP contribution in [-0.4, -0.2) is 35.7 Å². The van der Waals surface area contributed by atoms with Crippen molar-refractivity contribution >= 4 is 0 Å². The maximum Gasteiger partial charge on any atom is 0.0695 e. The van der Waals surface area contributed by atoms with Crippen molar-refractivity contribution in [3.8, 4) is 0 Å². The maximum absolute atomic E-state index is 9.67. The first-order valence-electron chi connectivity index (χ1n) is 5.64. The van der Waals surface area contributed by atoms with Gasteiger partial charge in [-0.2, -0.15) is 0 Å². The topological polar surface area (TPSA) is 23.5 Å². The monoisotopic (exact) mass is 185 g/mol. The van der Waals surface area contributed by atoms with Crippen molar-refractivity contribution < 1.29 is 5.11 Å². The highest BCUT2D eigenvalue weighted by Crippen LogP contribution is 2.23. The number of rotatable bonds is 5. The Morgan fingerprint density at radius 3 is 2.62 bits per heavy atom. The molecule has 78 valence electrons. The molecule has 0 radical (unpaired) electrons. The number of aliphatic hydroxyl groups excluding tert-OH is 1. The normalized spacial score (nSPS) is 28.6. The highest BCUT2D eigenvalue weighted by Gasteiger charge is 2.27. The fourth-order valence-electron chi connectivity index (χ4n) is 2.21. The average Bonchev–Trinajstić information content (AvgIpc) is 2.52. The molecule has 1 saturated carbocycles. The Morgan fingerprint density at radius 1 is 1.31 bits per heavy atom. The third-order valence-electron chi connectivity index (χ3n) is 3.12. The average molecular weight is 185 g/mol. The highest BCUT2D eigenvalue weighted by molar-refractivity contribution is 4.83. The quantitative estimate of drug-likeness (QED) is 0.662. The van der Waals surface area contributed by atoms with Gasteiger partial charge in [0.05, 0.1) is 6.10 Å². The first kappa shape index (κ1) is 11.0.